The van der Waals surface area contributed by atoms with Crippen molar-refractivity contribution in [3.8, 4) is 0 Å². The average Bonchev–Trinajstić information content (AvgIpc) is 3.30. The molecule has 3 saturated heterocycles. The third kappa shape index (κ3) is 4.05. The van der Waals surface area contributed by atoms with Gasteiger partial charge in [0.1, 0.15) is 11.4 Å². The SMILES string of the molecule is CC1(C(=O)OC(c2ccccc2)(c2ccccc2)c2ccccc2)CS[C@@H]2C(N3C(=O)CCC3=O)C(=O)N2C1. The van der Waals surface area contributed by atoms with Crippen LogP contribution < -0.4 is 0 Å². The van der Waals surface area contributed by atoms with Crippen LogP contribution in [0.5, 0.6) is 0 Å². The van der Waals surface area contributed by atoms with E-state index >= 15 is 0 Å². The molecule has 0 radical (unpaired) electrons. The minimum Gasteiger partial charge on any atom is -0.444 e. The molecule has 3 aliphatic rings. The molecule has 3 atom stereocenters. The Labute approximate surface area is 231 Å². The van der Waals surface area contributed by atoms with Crippen molar-refractivity contribution in [1.82, 2.24) is 9.80 Å². The summed E-state index contributed by atoms with van der Waals surface area (Å²) in [7, 11) is 0. The van der Waals surface area contributed by atoms with E-state index in [-0.39, 0.29) is 42.5 Å². The summed E-state index contributed by atoms with van der Waals surface area (Å²) in [4.78, 5) is 54.6. The van der Waals surface area contributed by atoms with Crippen molar-refractivity contribution in [3.05, 3.63) is 108 Å². The van der Waals surface area contributed by atoms with Gasteiger partial charge < -0.3 is 9.64 Å². The van der Waals surface area contributed by atoms with Crippen molar-refractivity contribution in [2.45, 2.75) is 36.8 Å². The molecule has 3 aliphatic heterocycles. The first kappa shape index (κ1) is 25.4. The molecule has 3 heterocycles. The van der Waals surface area contributed by atoms with Gasteiger partial charge in [-0.2, -0.15) is 0 Å². The molecule has 8 heteroatoms. The van der Waals surface area contributed by atoms with Crippen LogP contribution in [0.15, 0.2) is 91.0 Å². The second-order valence-electron chi connectivity index (χ2n) is 10.5. The number of hydrogen-bond donors (Lipinski definition) is 0. The number of fused-ring (bicyclic) bond motifs is 1. The van der Waals surface area contributed by atoms with E-state index in [1.54, 1.807) is 4.90 Å². The summed E-state index contributed by atoms with van der Waals surface area (Å²) in [5, 5.41) is -0.341. The molecule has 2 unspecified atom stereocenters. The third-order valence-corrected chi connectivity index (χ3v) is 9.51. The summed E-state index contributed by atoms with van der Waals surface area (Å²) >= 11 is 1.42. The van der Waals surface area contributed by atoms with E-state index in [2.05, 4.69) is 0 Å². The highest BCUT2D eigenvalue weighted by atomic mass is 32.2. The van der Waals surface area contributed by atoms with E-state index in [1.165, 1.54) is 11.8 Å². The maximum Gasteiger partial charge on any atom is 0.316 e. The van der Waals surface area contributed by atoms with Crippen LogP contribution in [0.25, 0.3) is 0 Å². The normalized spacial score (nSPS) is 24.8. The molecule has 7 nitrogen and oxygen atoms in total. The molecule has 3 fully saturated rings. The highest BCUT2D eigenvalue weighted by molar-refractivity contribution is 8.00. The van der Waals surface area contributed by atoms with Crippen molar-refractivity contribution in [1.29, 1.82) is 0 Å². The lowest BCUT2D eigenvalue weighted by Gasteiger charge is -2.55. The lowest BCUT2D eigenvalue weighted by atomic mass is 9.79. The smallest absolute Gasteiger partial charge is 0.316 e. The molecule has 0 spiro atoms. The molecule has 0 aromatic heterocycles. The molecule has 3 aromatic carbocycles. The molecule has 6 rings (SSSR count). The van der Waals surface area contributed by atoms with Crippen LogP contribution in [0.1, 0.15) is 36.5 Å². The lowest BCUT2D eigenvalue weighted by molar-refractivity contribution is -0.174. The predicted octanol–water partition coefficient (Wildman–Crippen LogP) is 3.96. The summed E-state index contributed by atoms with van der Waals surface area (Å²) in [6.07, 6.45) is 0.287. The van der Waals surface area contributed by atoms with Gasteiger partial charge >= 0.3 is 5.97 Å². The molecule has 0 aliphatic carbocycles. The molecule has 3 aromatic rings. The first-order chi connectivity index (χ1) is 18.8. The number of nitrogens with zero attached hydrogens (tertiary/aromatic N) is 2. The Morgan fingerprint density at radius 3 is 1.74 bits per heavy atom. The largest absolute Gasteiger partial charge is 0.444 e. The number of thioether (sulfide) groups is 1. The number of rotatable bonds is 6. The van der Waals surface area contributed by atoms with E-state index < -0.39 is 23.0 Å². The lowest BCUT2D eigenvalue weighted by Crippen LogP contribution is -2.74. The second-order valence-corrected chi connectivity index (χ2v) is 11.6. The van der Waals surface area contributed by atoms with E-state index in [0.29, 0.717) is 5.75 Å². The van der Waals surface area contributed by atoms with Crippen molar-refractivity contribution < 1.29 is 23.9 Å². The van der Waals surface area contributed by atoms with Crippen LogP contribution in [-0.2, 0) is 29.5 Å². The van der Waals surface area contributed by atoms with Gasteiger partial charge in [0, 0.05) is 41.8 Å². The number of ether oxygens (including phenoxy) is 1. The zero-order valence-corrected chi connectivity index (χ0v) is 22.3. The Hall–Kier alpha value is -3.91. The average molecular weight is 541 g/mol. The minimum atomic E-state index is -1.21. The van der Waals surface area contributed by atoms with Gasteiger partial charge in [-0.05, 0) is 6.92 Å². The van der Waals surface area contributed by atoms with E-state index in [1.807, 2.05) is 97.9 Å². The summed E-state index contributed by atoms with van der Waals surface area (Å²) in [6, 6.07) is 28.2. The number of imide groups is 1. The number of likely N-dealkylation sites (tertiary alicyclic amines) is 1. The van der Waals surface area contributed by atoms with E-state index in [0.717, 1.165) is 21.6 Å². The first-order valence-electron chi connectivity index (χ1n) is 13.0. The maximum absolute atomic E-state index is 14.2. The Morgan fingerprint density at radius 2 is 1.28 bits per heavy atom. The van der Waals surface area contributed by atoms with Crippen molar-refractivity contribution in [2.75, 3.05) is 12.3 Å². The Kier molecular flexibility index (Phi) is 6.30. The summed E-state index contributed by atoms with van der Waals surface area (Å²) in [6.45, 7) is 1.97. The highest BCUT2D eigenvalue weighted by Gasteiger charge is 2.60. The Bertz CT molecular complexity index is 1320. The first-order valence-corrected chi connectivity index (χ1v) is 14.1. The molecular weight excluding hydrogens is 512 g/mol. The number of amides is 3. The van der Waals surface area contributed by atoms with Crippen LogP contribution in [-0.4, -0.2) is 57.2 Å². The quantitative estimate of drug-likeness (QED) is 0.204. The van der Waals surface area contributed by atoms with Crippen molar-refractivity contribution in [3.63, 3.8) is 0 Å². The van der Waals surface area contributed by atoms with Gasteiger partial charge in [0.2, 0.25) is 17.7 Å². The number of hydrogen-bond acceptors (Lipinski definition) is 6. The number of carbonyl (C=O) groups is 4. The predicted molar refractivity (Wildman–Crippen MR) is 146 cm³/mol. The summed E-state index contributed by atoms with van der Waals surface area (Å²) in [5.74, 6) is -0.930. The van der Waals surface area contributed by atoms with Gasteiger partial charge in [-0.15, -0.1) is 11.8 Å². The zero-order valence-electron chi connectivity index (χ0n) is 21.5. The summed E-state index contributed by atoms with van der Waals surface area (Å²) in [5.41, 5.74) is 0.233. The van der Waals surface area contributed by atoms with Gasteiger partial charge in [-0.1, -0.05) is 91.0 Å². The minimum absolute atomic E-state index is 0.143. The maximum atomic E-state index is 14.2. The molecule has 39 heavy (non-hydrogen) atoms. The van der Waals surface area contributed by atoms with Gasteiger partial charge in [0.05, 0.1) is 5.41 Å². The third-order valence-electron chi connectivity index (χ3n) is 7.85. The highest BCUT2D eigenvalue weighted by Crippen LogP contribution is 2.47. The van der Waals surface area contributed by atoms with E-state index in [9.17, 15) is 19.2 Å². The van der Waals surface area contributed by atoms with Crippen LogP contribution in [0.2, 0.25) is 0 Å². The fourth-order valence-electron chi connectivity index (χ4n) is 5.77. The zero-order chi connectivity index (χ0) is 27.2. The van der Waals surface area contributed by atoms with E-state index in [4.69, 9.17) is 4.74 Å². The number of esters is 1. The fraction of sp³-hybridized carbons (Fsp3) is 0.290. The van der Waals surface area contributed by atoms with Crippen LogP contribution >= 0.6 is 11.8 Å². The van der Waals surface area contributed by atoms with Crippen LogP contribution in [0, 0.1) is 5.41 Å². The molecule has 0 bridgehead atoms. The number of β-lactam (4-membered cyclic amide) rings is 1. The number of benzene rings is 3. The van der Waals surface area contributed by atoms with Gasteiger partial charge in [-0.25, -0.2) is 0 Å². The molecule has 198 valence electrons. The topological polar surface area (TPSA) is 84.0 Å². The monoisotopic (exact) mass is 540 g/mol. The number of carbonyl (C=O) groups excluding carboxylic acids is 4. The fourth-order valence-corrected chi connectivity index (χ4v) is 7.30. The molecule has 3 amide bonds. The van der Waals surface area contributed by atoms with Gasteiger partial charge in [0.15, 0.2) is 5.60 Å². The Morgan fingerprint density at radius 1 is 0.821 bits per heavy atom. The molecule has 0 N–H and O–H groups in total. The second kappa shape index (κ2) is 9.68. The van der Waals surface area contributed by atoms with Crippen LogP contribution in [0.4, 0.5) is 0 Å². The molecule has 0 saturated carbocycles. The van der Waals surface area contributed by atoms with Crippen LogP contribution in [0.3, 0.4) is 0 Å². The Balaban J connectivity index is 1.34. The standard InChI is InChI=1S/C31H28N2O5S/c1-30(19-32-27(36)26(28(32)39-20-30)33-24(34)17-18-25(33)35)29(37)38-31(21-11-5-2-6-12-21,22-13-7-3-8-14-22)23-15-9-4-10-16-23/h2-16,26,28H,17-20H2,1H3/t26?,28-,30?/m1/s1. The van der Waals surface area contributed by atoms with Crippen molar-refractivity contribution in [2.24, 2.45) is 5.41 Å². The summed E-state index contributed by atoms with van der Waals surface area (Å²) < 4.78 is 6.63. The molecular formula is C31H28N2O5S. The van der Waals surface area contributed by atoms with Gasteiger partial charge in [-0.3, -0.25) is 24.1 Å². The van der Waals surface area contributed by atoms with Gasteiger partial charge in [0.25, 0.3) is 0 Å². The van der Waals surface area contributed by atoms with Crippen molar-refractivity contribution >= 4 is 35.5 Å².